The highest BCUT2D eigenvalue weighted by atomic mass is 16.6. The third kappa shape index (κ3) is 1.94. The Labute approximate surface area is 61.4 Å². The minimum absolute atomic E-state index is 0.398. The maximum Gasteiger partial charge on any atom is 0.0682 e. The minimum Gasteiger partial charge on any atom is -0.378 e. The summed E-state index contributed by atoms with van der Waals surface area (Å²) >= 11 is 0. The zero-order valence-corrected chi connectivity index (χ0v) is 6.38. The highest BCUT2D eigenvalue weighted by molar-refractivity contribution is 4.71. The zero-order valence-electron chi connectivity index (χ0n) is 6.38. The number of ether oxygens (including phenoxy) is 1. The van der Waals surface area contributed by atoms with E-state index in [9.17, 15) is 0 Å². The van der Waals surface area contributed by atoms with E-state index in [0.29, 0.717) is 18.6 Å². The molecule has 0 aromatic heterocycles. The van der Waals surface area contributed by atoms with E-state index in [1.54, 1.807) is 0 Å². The van der Waals surface area contributed by atoms with Crippen molar-refractivity contribution >= 4 is 0 Å². The fraction of sp³-hybridized carbons (Fsp3) is 1.00. The summed E-state index contributed by atoms with van der Waals surface area (Å²) in [6.45, 7) is 3.66. The molecule has 3 nitrogen and oxygen atoms in total. The third-order valence-corrected chi connectivity index (χ3v) is 2.14. The van der Waals surface area contributed by atoms with E-state index >= 15 is 0 Å². The van der Waals surface area contributed by atoms with Crippen molar-refractivity contribution in [1.82, 2.24) is 0 Å². The normalized spacial score (nSPS) is 33.0. The fourth-order valence-electron chi connectivity index (χ4n) is 1.37. The average Bonchev–Trinajstić information content (AvgIpc) is 2.31. The summed E-state index contributed by atoms with van der Waals surface area (Å²) in [6.07, 6.45) is 2.58. The number of hydrogen-bond acceptors (Lipinski definition) is 3. The van der Waals surface area contributed by atoms with Crippen LogP contribution in [-0.4, -0.2) is 19.3 Å². The van der Waals surface area contributed by atoms with Gasteiger partial charge in [0.05, 0.1) is 12.7 Å². The van der Waals surface area contributed by atoms with Crippen LogP contribution in [0.15, 0.2) is 0 Å². The Morgan fingerprint density at radius 2 is 2.50 bits per heavy atom. The Hall–Kier alpha value is -0.120. The van der Waals surface area contributed by atoms with Gasteiger partial charge in [-0.3, -0.25) is 0 Å². The minimum atomic E-state index is 0.398. The highest BCUT2D eigenvalue weighted by Gasteiger charge is 2.23. The van der Waals surface area contributed by atoms with Gasteiger partial charge in [0.15, 0.2) is 0 Å². The molecule has 1 heterocycles. The van der Waals surface area contributed by atoms with Crippen LogP contribution in [0.1, 0.15) is 19.8 Å². The van der Waals surface area contributed by atoms with Crippen LogP contribution in [0.4, 0.5) is 0 Å². The van der Waals surface area contributed by atoms with E-state index in [2.05, 4.69) is 11.8 Å². The number of nitrogens with two attached hydrogens (primary N) is 1. The number of rotatable bonds is 3. The first-order valence-corrected chi connectivity index (χ1v) is 3.78. The molecule has 2 N–H and O–H groups in total. The van der Waals surface area contributed by atoms with Crippen LogP contribution >= 0.6 is 0 Å². The Bertz CT molecular complexity index is 97.6. The van der Waals surface area contributed by atoms with Crippen molar-refractivity contribution < 1.29 is 9.57 Å². The quantitative estimate of drug-likeness (QED) is 0.594. The van der Waals surface area contributed by atoms with Crippen molar-refractivity contribution in [3.05, 3.63) is 0 Å². The molecule has 1 saturated heterocycles. The molecule has 0 spiro atoms. The summed E-state index contributed by atoms with van der Waals surface area (Å²) < 4.78 is 5.37. The Morgan fingerprint density at radius 3 is 3.00 bits per heavy atom. The molecule has 10 heavy (non-hydrogen) atoms. The second-order valence-corrected chi connectivity index (χ2v) is 2.78. The van der Waals surface area contributed by atoms with Crippen molar-refractivity contribution in [2.24, 2.45) is 11.8 Å². The molecule has 60 valence electrons. The molecule has 0 bridgehead atoms. The van der Waals surface area contributed by atoms with Gasteiger partial charge in [0.1, 0.15) is 0 Å². The molecule has 3 heteroatoms. The standard InChI is InChI=1S/C7H15NO2/c1-6-7(2-4-9-6)3-5-10-8/h6-7H,2-5,8H2,1H3. The van der Waals surface area contributed by atoms with Gasteiger partial charge >= 0.3 is 0 Å². The molecule has 1 aliphatic rings. The van der Waals surface area contributed by atoms with Crippen LogP contribution in [0.5, 0.6) is 0 Å². The molecule has 0 aliphatic carbocycles. The monoisotopic (exact) mass is 145 g/mol. The maximum absolute atomic E-state index is 5.37. The van der Waals surface area contributed by atoms with Crippen LogP contribution in [0.3, 0.4) is 0 Å². The summed E-state index contributed by atoms with van der Waals surface area (Å²) in [7, 11) is 0. The van der Waals surface area contributed by atoms with Gasteiger partial charge < -0.3 is 9.57 Å². The topological polar surface area (TPSA) is 44.5 Å². The van der Waals surface area contributed by atoms with Gasteiger partial charge in [-0.05, 0) is 25.7 Å². The average molecular weight is 145 g/mol. The first kappa shape index (κ1) is 7.98. The Morgan fingerprint density at radius 1 is 1.70 bits per heavy atom. The molecule has 0 aromatic rings. The predicted molar refractivity (Wildman–Crippen MR) is 38.3 cm³/mol. The van der Waals surface area contributed by atoms with Crippen molar-refractivity contribution in [2.75, 3.05) is 13.2 Å². The van der Waals surface area contributed by atoms with E-state index in [4.69, 9.17) is 10.6 Å². The van der Waals surface area contributed by atoms with Crippen molar-refractivity contribution in [3.63, 3.8) is 0 Å². The van der Waals surface area contributed by atoms with Crippen LogP contribution in [0.25, 0.3) is 0 Å². The molecular weight excluding hydrogens is 130 g/mol. The summed E-state index contributed by atoms with van der Waals surface area (Å²) in [4.78, 5) is 4.50. The smallest absolute Gasteiger partial charge is 0.0682 e. The SMILES string of the molecule is CC1OCCC1CCON. The van der Waals surface area contributed by atoms with Crippen LogP contribution in [-0.2, 0) is 9.57 Å². The lowest BCUT2D eigenvalue weighted by Crippen LogP contribution is -2.14. The second-order valence-electron chi connectivity index (χ2n) is 2.78. The predicted octanol–water partition coefficient (Wildman–Crippen LogP) is 0.692. The molecule has 0 radical (unpaired) electrons. The summed E-state index contributed by atoms with van der Waals surface area (Å²) in [6, 6.07) is 0. The van der Waals surface area contributed by atoms with Crippen LogP contribution in [0.2, 0.25) is 0 Å². The molecular formula is C7H15NO2. The highest BCUT2D eigenvalue weighted by Crippen LogP contribution is 2.22. The van der Waals surface area contributed by atoms with Gasteiger partial charge in [0.2, 0.25) is 0 Å². The summed E-state index contributed by atoms with van der Waals surface area (Å²) in [5.41, 5.74) is 0. The van der Waals surface area contributed by atoms with Gasteiger partial charge in [-0.15, -0.1) is 0 Å². The molecule has 2 unspecified atom stereocenters. The number of hydrogen-bond donors (Lipinski definition) is 1. The first-order valence-electron chi connectivity index (χ1n) is 3.78. The molecule has 1 aliphatic heterocycles. The van der Waals surface area contributed by atoms with Crippen molar-refractivity contribution in [2.45, 2.75) is 25.9 Å². The molecule has 1 rings (SSSR count). The van der Waals surface area contributed by atoms with Gasteiger partial charge in [0, 0.05) is 6.61 Å². The lowest BCUT2D eigenvalue weighted by Gasteiger charge is -2.11. The van der Waals surface area contributed by atoms with E-state index < -0.39 is 0 Å². The Balaban J connectivity index is 2.14. The summed E-state index contributed by atoms with van der Waals surface area (Å²) in [5, 5.41) is 0. The van der Waals surface area contributed by atoms with E-state index in [0.717, 1.165) is 19.4 Å². The van der Waals surface area contributed by atoms with E-state index in [-0.39, 0.29) is 0 Å². The summed E-state index contributed by atoms with van der Waals surface area (Å²) in [5.74, 6) is 5.57. The van der Waals surface area contributed by atoms with Crippen molar-refractivity contribution in [1.29, 1.82) is 0 Å². The van der Waals surface area contributed by atoms with Gasteiger partial charge in [0.25, 0.3) is 0 Å². The van der Waals surface area contributed by atoms with Gasteiger partial charge in [-0.25, -0.2) is 5.90 Å². The van der Waals surface area contributed by atoms with Crippen LogP contribution < -0.4 is 5.90 Å². The second kappa shape index (κ2) is 3.91. The molecule has 0 saturated carbocycles. The fourth-order valence-corrected chi connectivity index (χ4v) is 1.37. The van der Waals surface area contributed by atoms with Gasteiger partial charge in [-0.2, -0.15) is 0 Å². The molecule has 0 amide bonds. The van der Waals surface area contributed by atoms with Crippen LogP contribution in [0, 0.1) is 5.92 Å². The first-order chi connectivity index (χ1) is 4.84. The zero-order chi connectivity index (χ0) is 7.40. The van der Waals surface area contributed by atoms with E-state index in [1.807, 2.05) is 0 Å². The largest absolute Gasteiger partial charge is 0.378 e. The third-order valence-electron chi connectivity index (χ3n) is 2.14. The molecule has 0 aromatic carbocycles. The Kier molecular flexibility index (Phi) is 3.12. The maximum atomic E-state index is 5.37. The lowest BCUT2D eigenvalue weighted by molar-refractivity contribution is 0.0812. The lowest BCUT2D eigenvalue weighted by atomic mass is 10.00. The van der Waals surface area contributed by atoms with Gasteiger partial charge in [-0.1, -0.05) is 0 Å². The molecule has 2 atom stereocenters. The van der Waals surface area contributed by atoms with E-state index in [1.165, 1.54) is 0 Å². The van der Waals surface area contributed by atoms with Crippen molar-refractivity contribution in [3.8, 4) is 0 Å². The molecule has 1 fully saturated rings.